The fraction of sp³-hybridized carbons (Fsp3) is 0.364. The van der Waals surface area contributed by atoms with Crippen LogP contribution < -0.4 is 5.76 Å². The van der Waals surface area contributed by atoms with E-state index in [0.29, 0.717) is 17.0 Å². The molecule has 0 radical (unpaired) electrons. The van der Waals surface area contributed by atoms with Crippen molar-refractivity contribution in [2.75, 3.05) is 19.6 Å². The molecule has 2 aliphatic heterocycles. The van der Waals surface area contributed by atoms with Crippen LogP contribution in [0.25, 0.3) is 11.1 Å². The van der Waals surface area contributed by atoms with E-state index >= 15 is 0 Å². The Hall–Kier alpha value is -2.93. The van der Waals surface area contributed by atoms with E-state index in [4.69, 9.17) is 9.25 Å². The number of aromatic amines is 1. The number of likely N-dealkylation sites (tertiary alicyclic amines) is 1. The Morgan fingerprint density at radius 3 is 2.72 bits per heavy atom. The monoisotopic (exact) mass is 395 g/mol. The number of oxazole rings is 1. The van der Waals surface area contributed by atoms with E-state index in [-0.39, 0.29) is 11.9 Å². The van der Waals surface area contributed by atoms with Crippen LogP contribution in [0.3, 0.4) is 0 Å². The number of halogens is 1. The lowest BCUT2D eigenvalue weighted by atomic mass is 9.89. The lowest BCUT2D eigenvalue weighted by molar-refractivity contribution is 0.0454. The Kier molecular flexibility index (Phi) is 4.67. The van der Waals surface area contributed by atoms with Gasteiger partial charge in [-0.2, -0.15) is 0 Å². The summed E-state index contributed by atoms with van der Waals surface area (Å²) in [5, 5.41) is 4.26. The van der Waals surface area contributed by atoms with Crippen LogP contribution in [0.4, 0.5) is 4.39 Å². The van der Waals surface area contributed by atoms with Gasteiger partial charge >= 0.3 is 5.76 Å². The third-order valence-electron chi connectivity index (χ3n) is 5.88. The predicted molar refractivity (Wildman–Crippen MR) is 108 cm³/mol. The molecule has 2 aromatic carbocycles. The Morgan fingerprint density at radius 2 is 1.93 bits per heavy atom. The number of oxime groups is 1. The van der Waals surface area contributed by atoms with Gasteiger partial charge in [-0.15, -0.1) is 0 Å². The number of fused-ring (bicyclic) bond motifs is 1. The molecule has 6 nitrogen and oxygen atoms in total. The minimum Gasteiger partial charge on any atom is -0.408 e. The molecule has 7 heteroatoms. The van der Waals surface area contributed by atoms with Gasteiger partial charge in [0.1, 0.15) is 11.9 Å². The smallest absolute Gasteiger partial charge is 0.408 e. The highest BCUT2D eigenvalue weighted by Gasteiger charge is 2.27. The molecule has 0 spiro atoms. The molecule has 0 bridgehead atoms. The van der Waals surface area contributed by atoms with Crippen molar-refractivity contribution in [2.24, 2.45) is 5.16 Å². The zero-order chi connectivity index (χ0) is 19.8. The Bertz CT molecular complexity index is 1090. The lowest BCUT2D eigenvalue weighted by Crippen LogP contribution is -2.38. The van der Waals surface area contributed by atoms with Gasteiger partial charge in [0.25, 0.3) is 0 Å². The van der Waals surface area contributed by atoms with E-state index in [2.05, 4.69) is 15.0 Å². The van der Waals surface area contributed by atoms with Gasteiger partial charge in [0.2, 0.25) is 0 Å². The molecule has 0 amide bonds. The second-order valence-electron chi connectivity index (χ2n) is 7.82. The van der Waals surface area contributed by atoms with Crippen LogP contribution >= 0.6 is 0 Å². The van der Waals surface area contributed by atoms with E-state index in [0.717, 1.165) is 50.2 Å². The van der Waals surface area contributed by atoms with Crippen LogP contribution in [0, 0.1) is 5.82 Å². The number of benzene rings is 2. The highest BCUT2D eigenvalue weighted by atomic mass is 19.1. The van der Waals surface area contributed by atoms with Crippen LogP contribution in [-0.4, -0.2) is 41.3 Å². The topological polar surface area (TPSA) is 70.8 Å². The largest absolute Gasteiger partial charge is 0.417 e. The third-order valence-corrected chi connectivity index (χ3v) is 5.88. The first-order valence-electron chi connectivity index (χ1n) is 9.98. The number of aromatic nitrogens is 1. The molecule has 1 aromatic heterocycles. The summed E-state index contributed by atoms with van der Waals surface area (Å²) >= 11 is 0. The number of rotatable bonds is 4. The predicted octanol–water partition coefficient (Wildman–Crippen LogP) is 3.63. The van der Waals surface area contributed by atoms with E-state index < -0.39 is 5.76 Å². The summed E-state index contributed by atoms with van der Waals surface area (Å²) in [6.45, 7) is 2.83. The number of nitrogens with one attached hydrogen (secondary N) is 1. The summed E-state index contributed by atoms with van der Waals surface area (Å²) in [6, 6.07) is 12.5. The number of nitrogens with zero attached hydrogens (tertiary/aromatic N) is 2. The Labute approximate surface area is 167 Å². The summed E-state index contributed by atoms with van der Waals surface area (Å²) in [4.78, 5) is 22.0. The summed E-state index contributed by atoms with van der Waals surface area (Å²) in [7, 11) is 0. The van der Waals surface area contributed by atoms with Crippen molar-refractivity contribution in [2.45, 2.75) is 31.3 Å². The molecule has 2 aliphatic rings. The molecule has 3 aromatic rings. The zero-order valence-corrected chi connectivity index (χ0v) is 15.9. The molecule has 1 fully saturated rings. The maximum atomic E-state index is 13.1. The molecule has 29 heavy (non-hydrogen) atoms. The standard InChI is InChI=1S/C22H22FN3O3/c23-17-4-1-14(2-5-17)15-7-9-26(10-8-15)13-18-12-20(25-29-18)16-3-6-19-21(11-16)28-22(27)24-19/h1-6,11,15,18H,7-10,12-13H2,(H,24,27). The average Bonchev–Trinajstić information content (AvgIpc) is 3.34. The van der Waals surface area contributed by atoms with E-state index in [1.165, 1.54) is 5.56 Å². The number of H-pyrrole nitrogens is 1. The van der Waals surface area contributed by atoms with Gasteiger partial charge in [-0.3, -0.25) is 9.88 Å². The molecular formula is C22H22FN3O3. The van der Waals surface area contributed by atoms with E-state index in [9.17, 15) is 9.18 Å². The molecule has 0 aliphatic carbocycles. The molecule has 0 saturated carbocycles. The van der Waals surface area contributed by atoms with Crippen LogP contribution in [-0.2, 0) is 4.84 Å². The second kappa shape index (κ2) is 7.48. The molecule has 1 unspecified atom stereocenters. The van der Waals surface area contributed by atoms with Gasteiger partial charge < -0.3 is 9.25 Å². The summed E-state index contributed by atoms with van der Waals surface area (Å²) in [6.07, 6.45) is 2.89. The lowest BCUT2D eigenvalue weighted by Gasteiger charge is -2.33. The molecule has 5 rings (SSSR count). The average molecular weight is 395 g/mol. The Balaban J connectivity index is 1.16. The fourth-order valence-electron chi connectivity index (χ4n) is 4.29. The van der Waals surface area contributed by atoms with Crippen molar-refractivity contribution in [3.8, 4) is 0 Å². The molecule has 150 valence electrons. The van der Waals surface area contributed by atoms with Gasteiger partial charge in [0.15, 0.2) is 5.58 Å². The van der Waals surface area contributed by atoms with Gasteiger partial charge in [-0.25, -0.2) is 9.18 Å². The van der Waals surface area contributed by atoms with Gasteiger partial charge in [0.05, 0.1) is 11.2 Å². The normalized spacial score (nSPS) is 20.7. The first kappa shape index (κ1) is 18.1. The minimum absolute atomic E-state index is 0.0290. The molecule has 1 saturated heterocycles. The first-order chi connectivity index (χ1) is 14.1. The number of hydrogen-bond acceptors (Lipinski definition) is 5. The summed E-state index contributed by atoms with van der Waals surface area (Å²) in [5.74, 6) is -0.146. The van der Waals surface area contributed by atoms with E-state index in [1.807, 2.05) is 30.3 Å². The molecule has 3 heterocycles. The summed E-state index contributed by atoms with van der Waals surface area (Å²) < 4.78 is 18.3. The fourth-order valence-corrected chi connectivity index (χ4v) is 4.29. The van der Waals surface area contributed by atoms with Crippen molar-refractivity contribution in [1.82, 2.24) is 9.88 Å². The number of piperidine rings is 1. The molecule has 1 atom stereocenters. The van der Waals surface area contributed by atoms with Gasteiger partial charge in [-0.05, 0) is 61.7 Å². The van der Waals surface area contributed by atoms with Crippen LogP contribution in [0.2, 0.25) is 0 Å². The van der Waals surface area contributed by atoms with Crippen molar-refractivity contribution in [1.29, 1.82) is 0 Å². The van der Waals surface area contributed by atoms with Crippen molar-refractivity contribution < 1.29 is 13.6 Å². The molecular weight excluding hydrogens is 373 g/mol. The molecule has 1 N–H and O–H groups in total. The highest BCUT2D eigenvalue weighted by Crippen LogP contribution is 2.29. The van der Waals surface area contributed by atoms with Crippen LogP contribution in [0.5, 0.6) is 0 Å². The first-order valence-corrected chi connectivity index (χ1v) is 9.98. The van der Waals surface area contributed by atoms with Crippen molar-refractivity contribution >= 4 is 16.8 Å². The quantitative estimate of drug-likeness (QED) is 0.732. The zero-order valence-electron chi connectivity index (χ0n) is 15.9. The van der Waals surface area contributed by atoms with Crippen molar-refractivity contribution in [3.05, 3.63) is 70.0 Å². The maximum Gasteiger partial charge on any atom is 0.417 e. The summed E-state index contributed by atoms with van der Waals surface area (Å²) in [5.41, 5.74) is 4.22. The maximum absolute atomic E-state index is 13.1. The Morgan fingerprint density at radius 1 is 1.14 bits per heavy atom. The van der Waals surface area contributed by atoms with E-state index in [1.54, 1.807) is 12.1 Å². The van der Waals surface area contributed by atoms with Crippen molar-refractivity contribution in [3.63, 3.8) is 0 Å². The highest BCUT2D eigenvalue weighted by molar-refractivity contribution is 6.03. The second-order valence-corrected chi connectivity index (χ2v) is 7.82. The van der Waals surface area contributed by atoms with Gasteiger partial charge in [0, 0.05) is 18.5 Å². The van der Waals surface area contributed by atoms with Crippen LogP contribution in [0.15, 0.2) is 56.8 Å². The van der Waals surface area contributed by atoms with Gasteiger partial charge in [-0.1, -0.05) is 23.4 Å². The number of hydrogen-bond donors (Lipinski definition) is 1. The SMILES string of the molecule is O=c1[nH]c2ccc(C3=NOC(CN4CCC(c5ccc(F)cc5)CC4)C3)cc2o1. The third kappa shape index (κ3) is 3.82. The minimum atomic E-state index is -0.455. The van der Waals surface area contributed by atoms with Crippen LogP contribution in [0.1, 0.15) is 36.3 Å².